The third kappa shape index (κ3) is 1.08. The average molecular weight is 157 g/mol. The average Bonchev–Trinajstić information content (AvgIpc) is 2.48. The zero-order valence-electron chi connectivity index (χ0n) is 6.71. The van der Waals surface area contributed by atoms with Crippen molar-refractivity contribution in [1.29, 1.82) is 0 Å². The minimum atomic E-state index is 0.165. The van der Waals surface area contributed by atoms with E-state index in [1.807, 2.05) is 0 Å². The highest BCUT2D eigenvalue weighted by atomic mass is 16.5. The lowest BCUT2D eigenvalue weighted by atomic mass is 9.79. The van der Waals surface area contributed by atoms with E-state index in [0.29, 0.717) is 12.6 Å². The van der Waals surface area contributed by atoms with E-state index in [1.54, 1.807) is 0 Å². The molecule has 3 heteroatoms. The predicted octanol–water partition coefficient (Wildman–Crippen LogP) is 0.141. The van der Waals surface area contributed by atoms with Gasteiger partial charge < -0.3 is 15.2 Å². The van der Waals surface area contributed by atoms with Crippen LogP contribution in [-0.2, 0) is 9.47 Å². The first-order valence-electron chi connectivity index (χ1n) is 4.27. The predicted molar refractivity (Wildman–Crippen MR) is 41.3 cm³/mol. The van der Waals surface area contributed by atoms with Gasteiger partial charge in [-0.1, -0.05) is 0 Å². The molecule has 2 aliphatic heterocycles. The van der Waals surface area contributed by atoms with Crippen molar-refractivity contribution in [1.82, 2.24) is 0 Å². The number of fused-ring (bicyclic) bond motifs is 1. The highest BCUT2D eigenvalue weighted by Gasteiger charge is 2.45. The van der Waals surface area contributed by atoms with Crippen LogP contribution in [0.2, 0.25) is 0 Å². The van der Waals surface area contributed by atoms with Crippen LogP contribution in [0.3, 0.4) is 0 Å². The lowest BCUT2D eigenvalue weighted by Gasteiger charge is -2.36. The van der Waals surface area contributed by atoms with Gasteiger partial charge in [-0.15, -0.1) is 0 Å². The summed E-state index contributed by atoms with van der Waals surface area (Å²) in [4.78, 5) is 0. The van der Waals surface area contributed by atoms with Gasteiger partial charge in [0, 0.05) is 25.2 Å². The highest BCUT2D eigenvalue weighted by molar-refractivity contribution is 4.94. The molecule has 0 radical (unpaired) electrons. The van der Waals surface area contributed by atoms with E-state index in [9.17, 15) is 0 Å². The Hall–Kier alpha value is -0.120. The number of hydrogen-bond acceptors (Lipinski definition) is 3. The first-order chi connectivity index (χ1) is 5.37. The van der Waals surface area contributed by atoms with E-state index in [1.165, 1.54) is 0 Å². The normalized spacial score (nSPS) is 43.9. The summed E-state index contributed by atoms with van der Waals surface area (Å²) < 4.78 is 11.0. The summed E-state index contributed by atoms with van der Waals surface area (Å²) in [6.45, 7) is 3.21. The standard InChI is InChI=1S/C8H15NO2/c9-5-8-2-4-11-7(8)1-3-10-6-8/h7H,1-6,9H2/t7-,8+/m1/s1. The molecule has 0 spiro atoms. The second kappa shape index (κ2) is 2.73. The van der Waals surface area contributed by atoms with Crippen molar-refractivity contribution in [2.45, 2.75) is 18.9 Å². The molecule has 0 saturated carbocycles. The van der Waals surface area contributed by atoms with Gasteiger partial charge in [-0.3, -0.25) is 0 Å². The Morgan fingerprint density at radius 1 is 1.45 bits per heavy atom. The molecule has 3 nitrogen and oxygen atoms in total. The van der Waals surface area contributed by atoms with Gasteiger partial charge in [-0.05, 0) is 12.8 Å². The molecule has 0 aromatic heterocycles. The van der Waals surface area contributed by atoms with Crippen LogP contribution in [0.15, 0.2) is 0 Å². The molecular weight excluding hydrogens is 142 g/mol. The Labute approximate surface area is 66.8 Å². The van der Waals surface area contributed by atoms with E-state index < -0.39 is 0 Å². The molecule has 2 fully saturated rings. The monoisotopic (exact) mass is 157 g/mol. The smallest absolute Gasteiger partial charge is 0.0688 e. The molecule has 0 unspecified atom stereocenters. The zero-order valence-corrected chi connectivity index (χ0v) is 6.71. The largest absolute Gasteiger partial charge is 0.381 e. The van der Waals surface area contributed by atoms with Crippen molar-refractivity contribution in [3.8, 4) is 0 Å². The van der Waals surface area contributed by atoms with Crippen molar-refractivity contribution < 1.29 is 9.47 Å². The molecule has 2 aliphatic rings. The van der Waals surface area contributed by atoms with Gasteiger partial charge in [0.05, 0.1) is 12.7 Å². The lowest BCUT2D eigenvalue weighted by molar-refractivity contribution is -0.0682. The SMILES string of the molecule is NC[C@]12CCO[C@@H]1CCOC2. The van der Waals surface area contributed by atoms with Crippen molar-refractivity contribution in [2.24, 2.45) is 11.1 Å². The first-order valence-corrected chi connectivity index (χ1v) is 4.27. The molecule has 0 aromatic carbocycles. The van der Waals surface area contributed by atoms with Gasteiger partial charge >= 0.3 is 0 Å². The topological polar surface area (TPSA) is 44.5 Å². The maximum atomic E-state index is 5.72. The van der Waals surface area contributed by atoms with Gasteiger partial charge in [0.15, 0.2) is 0 Å². The fourth-order valence-corrected chi connectivity index (χ4v) is 2.06. The van der Waals surface area contributed by atoms with Gasteiger partial charge in [0.25, 0.3) is 0 Å². The molecule has 2 atom stereocenters. The Morgan fingerprint density at radius 2 is 2.36 bits per heavy atom. The molecule has 2 N–H and O–H groups in total. The van der Waals surface area contributed by atoms with E-state index in [0.717, 1.165) is 32.7 Å². The molecule has 0 amide bonds. The maximum Gasteiger partial charge on any atom is 0.0688 e. The van der Waals surface area contributed by atoms with E-state index in [4.69, 9.17) is 15.2 Å². The molecule has 0 aromatic rings. The summed E-state index contributed by atoms with van der Waals surface area (Å²) in [6, 6.07) is 0. The third-order valence-electron chi connectivity index (χ3n) is 2.92. The molecular formula is C8H15NO2. The van der Waals surface area contributed by atoms with Crippen LogP contribution in [0.25, 0.3) is 0 Å². The van der Waals surface area contributed by atoms with Crippen LogP contribution in [0.1, 0.15) is 12.8 Å². The summed E-state index contributed by atoms with van der Waals surface area (Å²) in [5.74, 6) is 0. The lowest BCUT2D eigenvalue weighted by Crippen LogP contribution is -2.46. The van der Waals surface area contributed by atoms with Crippen LogP contribution in [0.4, 0.5) is 0 Å². The quantitative estimate of drug-likeness (QED) is 0.589. The van der Waals surface area contributed by atoms with Crippen LogP contribution < -0.4 is 5.73 Å². The van der Waals surface area contributed by atoms with Crippen molar-refractivity contribution in [3.05, 3.63) is 0 Å². The van der Waals surface area contributed by atoms with Gasteiger partial charge in [0.1, 0.15) is 0 Å². The fraction of sp³-hybridized carbons (Fsp3) is 1.00. The van der Waals surface area contributed by atoms with Gasteiger partial charge in [0.2, 0.25) is 0 Å². The molecule has 0 bridgehead atoms. The second-order valence-electron chi connectivity index (χ2n) is 3.52. The van der Waals surface area contributed by atoms with Gasteiger partial charge in [-0.25, -0.2) is 0 Å². The van der Waals surface area contributed by atoms with Gasteiger partial charge in [-0.2, -0.15) is 0 Å². The zero-order chi connectivity index (χ0) is 7.73. The Balaban J connectivity index is 2.12. The Morgan fingerprint density at radius 3 is 3.09 bits per heavy atom. The minimum absolute atomic E-state index is 0.165. The van der Waals surface area contributed by atoms with Crippen LogP contribution in [0.5, 0.6) is 0 Å². The van der Waals surface area contributed by atoms with E-state index >= 15 is 0 Å². The fourth-order valence-electron chi connectivity index (χ4n) is 2.06. The molecule has 2 heterocycles. The van der Waals surface area contributed by atoms with Crippen LogP contribution in [-0.4, -0.2) is 32.5 Å². The molecule has 2 saturated heterocycles. The first kappa shape index (κ1) is 7.53. The summed E-state index contributed by atoms with van der Waals surface area (Å²) in [5.41, 5.74) is 5.88. The highest BCUT2D eigenvalue weighted by Crippen LogP contribution is 2.38. The van der Waals surface area contributed by atoms with Crippen molar-refractivity contribution in [2.75, 3.05) is 26.4 Å². The molecule has 2 rings (SSSR count). The Bertz CT molecular complexity index is 151. The maximum absolute atomic E-state index is 5.72. The number of hydrogen-bond donors (Lipinski definition) is 1. The third-order valence-corrected chi connectivity index (χ3v) is 2.92. The summed E-state index contributed by atoms with van der Waals surface area (Å²) in [6.07, 6.45) is 2.48. The Kier molecular flexibility index (Phi) is 1.87. The molecule has 0 aliphatic carbocycles. The van der Waals surface area contributed by atoms with Crippen LogP contribution in [0, 0.1) is 5.41 Å². The number of ether oxygens (including phenoxy) is 2. The van der Waals surface area contributed by atoms with Crippen LogP contribution >= 0.6 is 0 Å². The summed E-state index contributed by atoms with van der Waals surface area (Å²) in [7, 11) is 0. The summed E-state index contributed by atoms with van der Waals surface area (Å²) >= 11 is 0. The van der Waals surface area contributed by atoms with E-state index in [2.05, 4.69) is 0 Å². The number of rotatable bonds is 1. The van der Waals surface area contributed by atoms with E-state index in [-0.39, 0.29) is 5.41 Å². The summed E-state index contributed by atoms with van der Waals surface area (Å²) in [5, 5.41) is 0. The molecule has 11 heavy (non-hydrogen) atoms. The minimum Gasteiger partial charge on any atom is -0.381 e. The van der Waals surface area contributed by atoms with Crippen molar-refractivity contribution in [3.63, 3.8) is 0 Å². The second-order valence-corrected chi connectivity index (χ2v) is 3.52. The molecule has 64 valence electrons. The number of nitrogens with two attached hydrogens (primary N) is 1. The van der Waals surface area contributed by atoms with Crippen molar-refractivity contribution >= 4 is 0 Å².